The summed E-state index contributed by atoms with van der Waals surface area (Å²) in [6.07, 6.45) is 5.92. The Morgan fingerprint density at radius 3 is 2.29 bits per heavy atom. The van der Waals surface area contributed by atoms with Crippen LogP contribution in [0.25, 0.3) is 0 Å². The number of ether oxygens (including phenoxy) is 1. The van der Waals surface area contributed by atoms with Crippen LogP contribution in [0.1, 0.15) is 53.4 Å². The number of rotatable bonds is 11. The summed E-state index contributed by atoms with van der Waals surface area (Å²) in [5.41, 5.74) is 3.51. The highest BCUT2D eigenvalue weighted by molar-refractivity contribution is 7.85. The number of nitrogens with one attached hydrogen (secondary N) is 1. The lowest BCUT2D eigenvalue weighted by Crippen LogP contribution is -2.28. The molecule has 0 spiro atoms. The van der Waals surface area contributed by atoms with Crippen molar-refractivity contribution in [2.75, 3.05) is 19.5 Å². The molecule has 0 saturated carbocycles. The van der Waals surface area contributed by atoms with Gasteiger partial charge in [0.1, 0.15) is 6.26 Å². The first-order chi connectivity index (χ1) is 9.64. The summed E-state index contributed by atoms with van der Waals surface area (Å²) >= 11 is 0. The van der Waals surface area contributed by atoms with Crippen molar-refractivity contribution in [3.63, 3.8) is 0 Å². The van der Waals surface area contributed by atoms with Gasteiger partial charge in [-0.05, 0) is 46.5 Å². The largest absolute Gasteiger partial charge is 0.499 e. The second-order valence-electron chi connectivity index (χ2n) is 5.77. The van der Waals surface area contributed by atoms with E-state index in [-0.39, 0.29) is 12.2 Å². The van der Waals surface area contributed by atoms with E-state index in [2.05, 4.69) is 9.66 Å². The Labute approximate surface area is 128 Å². The maximum atomic E-state index is 10.7. The fourth-order valence-corrected chi connectivity index (χ4v) is 1.65. The van der Waals surface area contributed by atoms with Crippen molar-refractivity contribution in [3.05, 3.63) is 12.0 Å². The van der Waals surface area contributed by atoms with Crippen LogP contribution >= 0.6 is 0 Å². The van der Waals surface area contributed by atoms with Gasteiger partial charge in [0.2, 0.25) is 0 Å². The summed E-state index contributed by atoms with van der Waals surface area (Å²) in [4.78, 5) is 5.45. The Bertz CT molecular complexity index is 398. The monoisotopic (exact) mass is 323 g/mol. The molecule has 0 amide bonds. The molecule has 0 rings (SSSR count). The van der Waals surface area contributed by atoms with E-state index < -0.39 is 10.1 Å². The summed E-state index contributed by atoms with van der Waals surface area (Å²) in [5, 5.41) is 0. The Kier molecular flexibility index (Phi) is 9.65. The Morgan fingerprint density at radius 1 is 1.14 bits per heavy atom. The summed E-state index contributed by atoms with van der Waals surface area (Å²) in [6, 6.07) is 0. The highest BCUT2D eigenvalue weighted by Gasteiger charge is 2.10. The van der Waals surface area contributed by atoms with Crippen LogP contribution in [-0.2, 0) is 23.9 Å². The van der Waals surface area contributed by atoms with Crippen LogP contribution < -0.4 is 5.48 Å². The van der Waals surface area contributed by atoms with Crippen molar-refractivity contribution in [1.29, 1.82) is 0 Å². The molecular formula is C14H29NO5S. The van der Waals surface area contributed by atoms with Gasteiger partial charge in [-0.25, -0.2) is 0 Å². The molecule has 0 aliphatic heterocycles. The van der Waals surface area contributed by atoms with Crippen molar-refractivity contribution >= 4 is 10.1 Å². The molecule has 0 aromatic carbocycles. The minimum atomic E-state index is -3.32. The minimum absolute atomic E-state index is 0.232. The Balaban J connectivity index is 3.68. The molecule has 0 saturated heterocycles. The van der Waals surface area contributed by atoms with Crippen LogP contribution in [0.5, 0.6) is 0 Å². The van der Waals surface area contributed by atoms with E-state index in [1.165, 1.54) is 0 Å². The maximum absolute atomic E-state index is 10.7. The zero-order valence-corrected chi connectivity index (χ0v) is 14.6. The molecule has 0 unspecified atom stereocenters. The minimum Gasteiger partial charge on any atom is -0.499 e. The van der Waals surface area contributed by atoms with Gasteiger partial charge in [0.05, 0.1) is 30.8 Å². The van der Waals surface area contributed by atoms with Gasteiger partial charge in [-0.15, -0.1) is 0 Å². The molecule has 0 aliphatic rings. The predicted octanol–water partition coefficient (Wildman–Crippen LogP) is 2.72. The molecule has 0 atom stereocenters. The summed E-state index contributed by atoms with van der Waals surface area (Å²) in [5.74, 6) is 0. The predicted molar refractivity (Wildman–Crippen MR) is 82.9 cm³/mol. The van der Waals surface area contributed by atoms with Crippen molar-refractivity contribution in [2.24, 2.45) is 0 Å². The van der Waals surface area contributed by atoms with Gasteiger partial charge in [0, 0.05) is 0 Å². The van der Waals surface area contributed by atoms with E-state index in [1.807, 2.05) is 27.7 Å². The molecule has 0 heterocycles. The van der Waals surface area contributed by atoms with Gasteiger partial charge >= 0.3 is 0 Å². The van der Waals surface area contributed by atoms with Crippen molar-refractivity contribution in [3.8, 4) is 0 Å². The lowest BCUT2D eigenvalue weighted by molar-refractivity contribution is -0.0601. The van der Waals surface area contributed by atoms with Gasteiger partial charge in [-0.1, -0.05) is 6.92 Å². The quantitative estimate of drug-likeness (QED) is 0.273. The van der Waals surface area contributed by atoms with Gasteiger partial charge in [0.25, 0.3) is 10.1 Å². The van der Waals surface area contributed by atoms with Crippen LogP contribution in [0, 0.1) is 0 Å². The molecule has 0 aliphatic carbocycles. The second kappa shape index (κ2) is 10.0. The van der Waals surface area contributed by atoms with E-state index in [4.69, 9.17) is 9.57 Å². The first kappa shape index (κ1) is 20.2. The van der Waals surface area contributed by atoms with Crippen LogP contribution in [0.2, 0.25) is 0 Å². The van der Waals surface area contributed by atoms with Crippen molar-refractivity contribution in [1.82, 2.24) is 5.48 Å². The number of unbranched alkanes of at least 4 members (excludes halogenated alkanes) is 2. The fourth-order valence-electron chi connectivity index (χ4n) is 1.23. The number of hydrogen-bond acceptors (Lipinski definition) is 6. The molecule has 6 nitrogen and oxygen atoms in total. The maximum Gasteiger partial charge on any atom is 0.264 e. The SMILES string of the molecule is CCC(=COCCCCCOS(C)(=O)=O)NOC(C)(C)C. The van der Waals surface area contributed by atoms with E-state index in [0.717, 1.165) is 31.2 Å². The zero-order valence-electron chi connectivity index (χ0n) is 13.8. The van der Waals surface area contributed by atoms with Gasteiger partial charge in [-0.3, -0.25) is 14.5 Å². The van der Waals surface area contributed by atoms with E-state index >= 15 is 0 Å². The summed E-state index contributed by atoms with van der Waals surface area (Å²) in [6.45, 7) is 8.72. The lowest BCUT2D eigenvalue weighted by atomic mass is 10.2. The molecule has 7 heteroatoms. The normalized spacial score (nSPS) is 13.3. The number of allylic oxidation sites excluding steroid dienone is 1. The zero-order chi connectivity index (χ0) is 16.4. The smallest absolute Gasteiger partial charge is 0.264 e. The van der Waals surface area contributed by atoms with Crippen LogP contribution in [0.15, 0.2) is 12.0 Å². The topological polar surface area (TPSA) is 73.9 Å². The number of hydrogen-bond donors (Lipinski definition) is 1. The highest BCUT2D eigenvalue weighted by atomic mass is 32.2. The van der Waals surface area contributed by atoms with Crippen LogP contribution in [-0.4, -0.2) is 33.5 Å². The lowest BCUT2D eigenvalue weighted by Gasteiger charge is -2.20. The molecular weight excluding hydrogens is 294 g/mol. The van der Waals surface area contributed by atoms with Crippen molar-refractivity contribution in [2.45, 2.75) is 59.0 Å². The van der Waals surface area contributed by atoms with E-state index in [9.17, 15) is 8.42 Å². The van der Waals surface area contributed by atoms with Crippen molar-refractivity contribution < 1.29 is 22.2 Å². The fraction of sp³-hybridized carbons (Fsp3) is 0.857. The third-order valence-electron chi connectivity index (χ3n) is 2.30. The van der Waals surface area contributed by atoms with E-state index in [0.29, 0.717) is 13.0 Å². The standard InChI is InChI=1S/C14H29NO5S/c1-6-13(15-20-14(2,3)4)12-18-10-8-7-9-11-19-21(5,16)17/h12,15H,6-11H2,1-5H3. The second-order valence-corrected chi connectivity index (χ2v) is 7.41. The first-order valence-corrected chi connectivity index (χ1v) is 9.05. The molecule has 0 fully saturated rings. The van der Waals surface area contributed by atoms with Crippen LogP contribution in [0.3, 0.4) is 0 Å². The molecule has 0 radical (unpaired) electrons. The first-order valence-electron chi connectivity index (χ1n) is 7.23. The van der Waals surface area contributed by atoms with Crippen LogP contribution in [0.4, 0.5) is 0 Å². The Hall–Kier alpha value is -0.790. The average Bonchev–Trinajstić information content (AvgIpc) is 2.33. The van der Waals surface area contributed by atoms with Gasteiger partial charge in [0.15, 0.2) is 0 Å². The van der Waals surface area contributed by atoms with Gasteiger partial charge < -0.3 is 4.74 Å². The summed E-state index contributed by atoms with van der Waals surface area (Å²) < 4.78 is 31.6. The third kappa shape index (κ3) is 15.4. The third-order valence-corrected chi connectivity index (χ3v) is 2.89. The molecule has 0 aromatic heterocycles. The molecule has 1 N–H and O–H groups in total. The Morgan fingerprint density at radius 2 is 1.76 bits per heavy atom. The number of hydroxylamine groups is 1. The molecule has 21 heavy (non-hydrogen) atoms. The molecule has 0 aromatic rings. The highest BCUT2D eigenvalue weighted by Crippen LogP contribution is 2.07. The summed E-state index contributed by atoms with van der Waals surface area (Å²) in [7, 11) is -3.32. The molecule has 126 valence electrons. The van der Waals surface area contributed by atoms with Gasteiger partial charge in [-0.2, -0.15) is 8.42 Å². The average molecular weight is 323 g/mol. The van der Waals surface area contributed by atoms with E-state index in [1.54, 1.807) is 6.26 Å². The molecule has 0 bridgehead atoms.